The molecule has 1 aromatic heterocycles. The fourth-order valence-electron chi connectivity index (χ4n) is 6.25. The van der Waals surface area contributed by atoms with E-state index in [0.717, 1.165) is 34.4 Å². The first-order valence-electron chi connectivity index (χ1n) is 14.6. The van der Waals surface area contributed by atoms with E-state index in [9.17, 15) is 0 Å². The van der Waals surface area contributed by atoms with Gasteiger partial charge >= 0.3 is 0 Å². The normalized spacial score (nSPS) is 18.2. The number of hydrogen-bond acceptors (Lipinski definition) is 0. The number of rotatable bonds is 3. The minimum Gasteiger partial charge on any atom is -0.201 e. The molecule has 186 valence electrons. The Kier molecular flexibility index (Phi) is 5.19. The van der Waals surface area contributed by atoms with Crippen LogP contribution in [0.4, 0.5) is 0 Å². The van der Waals surface area contributed by atoms with E-state index in [1.807, 2.05) is 13.0 Å². The standard InChI is InChI=1S/C34H46N/c1-21(2)25-18-29-30(34(10,11)20-33(29,8)9)19-28(25)26-17-27(23(4)15-22(26)3)31-16-24(32(5,6)7)13-14-35(31)12/h13-19,21H,20H2,1-12H3/q+1/i3D3. The van der Waals surface area contributed by atoms with E-state index in [-0.39, 0.29) is 22.2 Å². The topological polar surface area (TPSA) is 3.88 Å². The highest BCUT2D eigenvalue weighted by Crippen LogP contribution is 2.52. The number of nitrogens with zero attached hydrogens (tertiary/aromatic N) is 1. The molecule has 0 radical (unpaired) electrons. The first kappa shape index (κ1) is 21.8. The fourth-order valence-corrected chi connectivity index (χ4v) is 6.25. The van der Waals surface area contributed by atoms with Gasteiger partial charge in [0.1, 0.15) is 7.05 Å². The van der Waals surface area contributed by atoms with E-state index in [1.54, 1.807) is 0 Å². The predicted molar refractivity (Wildman–Crippen MR) is 151 cm³/mol. The summed E-state index contributed by atoms with van der Waals surface area (Å²) < 4.78 is 27.6. The molecule has 2 aromatic carbocycles. The molecular weight excluding hydrogens is 422 g/mol. The van der Waals surface area contributed by atoms with E-state index in [1.165, 1.54) is 22.3 Å². The molecule has 0 fully saturated rings. The SMILES string of the molecule is [2H]C([2H])([2H])c1cc(C)c(-c2cc(C(C)(C)C)cc[n+]2C)cc1-c1cc2c(cc1C(C)C)C(C)(C)CC2(C)C. The van der Waals surface area contributed by atoms with Gasteiger partial charge in [-0.2, -0.15) is 0 Å². The van der Waals surface area contributed by atoms with Gasteiger partial charge in [-0.1, -0.05) is 80.5 Å². The van der Waals surface area contributed by atoms with Crippen molar-refractivity contribution in [3.63, 3.8) is 0 Å². The van der Waals surface area contributed by atoms with Crippen LogP contribution >= 0.6 is 0 Å². The van der Waals surface area contributed by atoms with Gasteiger partial charge in [0, 0.05) is 21.8 Å². The number of fused-ring (bicyclic) bond motifs is 1. The fraction of sp³-hybridized carbons (Fsp3) is 0.500. The number of aromatic nitrogens is 1. The van der Waals surface area contributed by atoms with Crippen molar-refractivity contribution < 1.29 is 8.68 Å². The molecule has 1 aliphatic rings. The van der Waals surface area contributed by atoms with E-state index in [4.69, 9.17) is 4.11 Å². The van der Waals surface area contributed by atoms with Gasteiger partial charge in [-0.05, 0) is 92.9 Å². The maximum Gasteiger partial charge on any atom is 0.212 e. The third-order valence-electron chi connectivity index (χ3n) is 8.10. The van der Waals surface area contributed by atoms with Crippen LogP contribution < -0.4 is 4.57 Å². The van der Waals surface area contributed by atoms with Crippen LogP contribution in [0.25, 0.3) is 22.4 Å². The average molecular weight is 472 g/mol. The van der Waals surface area contributed by atoms with Crippen molar-refractivity contribution in [3.8, 4) is 22.4 Å². The Bertz CT molecular complexity index is 1400. The smallest absolute Gasteiger partial charge is 0.201 e. The van der Waals surface area contributed by atoms with Gasteiger partial charge in [-0.3, -0.25) is 0 Å². The van der Waals surface area contributed by atoms with Crippen molar-refractivity contribution in [2.24, 2.45) is 7.05 Å². The van der Waals surface area contributed by atoms with Crippen LogP contribution in [0.3, 0.4) is 0 Å². The summed E-state index contributed by atoms with van der Waals surface area (Å²) in [7, 11) is 2.07. The van der Waals surface area contributed by atoms with Crippen molar-refractivity contribution >= 4 is 0 Å². The van der Waals surface area contributed by atoms with E-state index >= 15 is 0 Å². The Hall–Kier alpha value is -2.41. The van der Waals surface area contributed by atoms with Crippen LogP contribution in [0.15, 0.2) is 42.6 Å². The highest BCUT2D eigenvalue weighted by atomic mass is 14.9. The zero-order valence-corrected chi connectivity index (χ0v) is 23.8. The molecule has 1 heterocycles. The Morgan fingerprint density at radius 1 is 0.857 bits per heavy atom. The molecular formula is C34H46N+. The van der Waals surface area contributed by atoms with E-state index < -0.39 is 6.85 Å². The summed E-state index contributed by atoms with van der Waals surface area (Å²) in [5.74, 6) is 0.268. The zero-order valence-electron chi connectivity index (χ0n) is 26.8. The summed E-state index contributed by atoms with van der Waals surface area (Å²) in [6.07, 6.45) is 3.20. The number of pyridine rings is 1. The first-order chi connectivity index (χ1) is 17.2. The zero-order chi connectivity index (χ0) is 28.6. The van der Waals surface area contributed by atoms with Gasteiger partial charge in [-0.25, -0.2) is 4.57 Å². The number of benzene rings is 2. The number of aryl methyl sites for hydroxylation is 3. The Morgan fingerprint density at radius 2 is 1.49 bits per heavy atom. The quantitative estimate of drug-likeness (QED) is 0.336. The molecule has 0 saturated heterocycles. The van der Waals surface area contributed by atoms with Gasteiger partial charge in [0.2, 0.25) is 5.69 Å². The lowest BCUT2D eigenvalue weighted by atomic mass is 9.81. The maximum absolute atomic E-state index is 8.49. The maximum atomic E-state index is 8.49. The summed E-state index contributed by atoms with van der Waals surface area (Å²) in [6.45, 7) is 20.3. The molecule has 1 aliphatic carbocycles. The van der Waals surface area contributed by atoms with Gasteiger partial charge < -0.3 is 0 Å². The van der Waals surface area contributed by atoms with Crippen molar-refractivity contribution in [1.82, 2.24) is 0 Å². The van der Waals surface area contributed by atoms with Crippen LogP contribution in [0, 0.1) is 13.8 Å². The van der Waals surface area contributed by atoms with Gasteiger partial charge in [0.25, 0.3) is 0 Å². The highest BCUT2D eigenvalue weighted by Gasteiger charge is 2.42. The van der Waals surface area contributed by atoms with Crippen LogP contribution in [0.5, 0.6) is 0 Å². The third-order valence-corrected chi connectivity index (χ3v) is 8.10. The largest absolute Gasteiger partial charge is 0.212 e. The Morgan fingerprint density at radius 3 is 2.06 bits per heavy atom. The summed E-state index contributed by atoms with van der Waals surface area (Å²) in [4.78, 5) is 0. The van der Waals surface area contributed by atoms with Gasteiger partial charge in [0.05, 0.1) is 0 Å². The molecule has 0 saturated carbocycles. The lowest BCUT2D eigenvalue weighted by molar-refractivity contribution is -0.660. The number of hydrogen-bond donors (Lipinski definition) is 0. The molecule has 0 N–H and O–H groups in total. The molecule has 0 spiro atoms. The first-order valence-corrected chi connectivity index (χ1v) is 13.1. The molecule has 0 bridgehead atoms. The van der Waals surface area contributed by atoms with Crippen molar-refractivity contribution in [3.05, 3.63) is 76.0 Å². The van der Waals surface area contributed by atoms with Crippen LogP contribution in [-0.2, 0) is 23.3 Å². The Balaban J connectivity index is 2.09. The molecule has 35 heavy (non-hydrogen) atoms. The van der Waals surface area contributed by atoms with Crippen molar-refractivity contribution in [2.75, 3.05) is 0 Å². The summed E-state index contributed by atoms with van der Waals surface area (Å²) >= 11 is 0. The average Bonchev–Trinajstić information content (AvgIpc) is 2.95. The molecule has 0 aliphatic heterocycles. The van der Waals surface area contributed by atoms with Crippen LogP contribution in [0.2, 0.25) is 0 Å². The second-order valence-electron chi connectivity index (χ2n) is 13.5. The van der Waals surface area contributed by atoms with Crippen LogP contribution in [-0.4, -0.2) is 0 Å². The molecule has 0 unspecified atom stereocenters. The van der Waals surface area contributed by atoms with Crippen molar-refractivity contribution in [2.45, 2.75) is 105 Å². The molecule has 0 amide bonds. The van der Waals surface area contributed by atoms with Crippen LogP contribution in [0.1, 0.15) is 112 Å². The second kappa shape index (κ2) is 8.32. The Labute approximate surface area is 218 Å². The highest BCUT2D eigenvalue weighted by molar-refractivity contribution is 5.79. The predicted octanol–water partition coefficient (Wildman–Crippen LogP) is 8.84. The molecule has 1 heteroatoms. The van der Waals surface area contributed by atoms with Gasteiger partial charge in [0.15, 0.2) is 6.20 Å². The second-order valence-corrected chi connectivity index (χ2v) is 13.5. The lowest BCUT2D eigenvalue weighted by Gasteiger charge is -2.24. The molecule has 4 rings (SSSR count). The van der Waals surface area contributed by atoms with E-state index in [0.29, 0.717) is 5.56 Å². The minimum absolute atomic E-state index is 0.0154. The van der Waals surface area contributed by atoms with Crippen molar-refractivity contribution in [1.29, 1.82) is 0 Å². The summed E-state index contributed by atoms with van der Waals surface area (Å²) in [5.41, 5.74) is 10.9. The summed E-state index contributed by atoms with van der Waals surface area (Å²) in [5, 5.41) is 0. The lowest BCUT2D eigenvalue weighted by Crippen LogP contribution is -2.32. The monoisotopic (exact) mass is 471 g/mol. The van der Waals surface area contributed by atoms with E-state index in [2.05, 4.69) is 110 Å². The summed E-state index contributed by atoms with van der Waals surface area (Å²) in [6, 6.07) is 13.2. The molecule has 1 nitrogen and oxygen atoms in total. The van der Waals surface area contributed by atoms with Gasteiger partial charge in [-0.15, -0.1) is 0 Å². The minimum atomic E-state index is -2.21. The third kappa shape index (κ3) is 4.48. The molecule has 3 aromatic rings. The molecule has 0 atom stereocenters.